The van der Waals surface area contributed by atoms with E-state index in [9.17, 15) is 0 Å². The van der Waals surface area contributed by atoms with E-state index in [1.54, 1.807) is 0 Å². The van der Waals surface area contributed by atoms with Gasteiger partial charge >= 0.3 is 0 Å². The summed E-state index contributed by atoms with van der Waals surface area (Å²) in [6, 6.07) is 4.77. The first-order chi connectivity index (χ1) is 9.27. The maximum Gasteiger partial charge on any atom is 0.133 e. The van der Waals surface area contributed by atoms with Gasteiger partial charge in [0.15, 0.2) is 0 Å². The zero-order valence-corrected chi connectivity index (χ0v) is 12.4. The molecular formula is C16H27N3. The summed E-state index contributed by atoms with van der Waals surface area (Å²) < 4.78 is 0. The van der Waals surface area contributed by atoms with E-state index in [1.807, 2.05) is 12.3 Å². The second kappa shape index (κ2) is 7.49. The molecule has 106 valence electrons. The largest absolute Gasteiger partial charge is 0.356 e. The van der Waals surface area contributed by atoms with Crippen LogP contribution in [0.1, 0.15) is 51.5 Å². The molecule has 1 aromatic heterocycles. The third-order valence-corrected chi connectivity index (χ3v) is 3.72. The van der Waals surface area contributed by atoms with Crippen LogP contribution in [0.2, 0.25) is 0 Å². The van der Waals surface area contributed by atoms with Crippen LogP contribution in [0.25, 0.3) is 0 Å². The topological polar surface area (TPSA) is 28.2 Å². The van der Waals surface area contributed by atoms with Gasteiger partial charge in [0.05, 0.1) is 0 Å². The summed E-state index contributed by atoms with van der Waals surface area (Å²) >= 11 is 0. The Morgan fingerprint density at radius 3 is 2.53 bits per heavy atom. The fourth-order valence-electron chi connectivity index (χ4n) is 2.63. The van der Waals surface area contributed by atoms with Gasteiger partial charge < -0.3 is 10.2 Å². The molecule has 3 nitrogen and oxygen atoms in total. The Bertz CT molecular complexity index is 368. The Kier molecular flexibility index (Phi) is 5.64. The van der Waals surface area contributed by atoms with Crippen molar-refractivity contribution in [2.24, 2.45) is 0 Å². The first-order valence-corrected chi connectivity index (χ1v) is 7.69. The van der Waals surface area contributed by atoms with E-state index in [4.69, 9.17) is 0 Å². The summed E-state index contributed by atoms with van der Waals surface area (Å²) in [5, 5.41) is 3.50. The number of aromatic nitrogens is 1. The van der Waals surface area contributed by atoms with Gasteiger partial charge in [-0.25, -0.2) is 4.98 Å². The van der Waals surface area contributed by atoms with E-state index in [1.165, 1.54) is 43.5 Å². The molecule has 1 aromatic rings. The predicted octanol–water partition coefficient (Wildman–Crippen LogP) is 3.35. The highest BCUT2D eigenvalue weighted by Crippen LogP contribution is 2.21. The molecule has 0 amide bonds. The highest BCUT2D eigenvalue weighted by atomic mass is 15.2. The van der Waals surface area contributed by atoms with Crippen molar-refractivity contribution >= 4 is 5.82 Å². The lowest BCUT2D eigenvalue weighted by atomic mass is 10.1. The molecule has 0 atom stereocenters. The van der Waals surface area contributed by atoms with Gasteiger partial charge in [-0.2, -0.15) is 0 Å². The SMILES string of the molecule is CC(C)NCc1cccnc1N1CCCCCCC1. The molecule has 0 saturated carbocycles. The Balaban J connectivity index is 2.08. The molecule has 0 unspecified atom stereocenters. The third-order valence-electron chi connectivity index (χ3n) is 3.72. The van der Waals surface area contributed by atoms with Crippen LogP contribution in [-0.2, 0) is 6.54 Å². The van der Waals surface area contributed by atoms with Gasteiger partial charge in [0, 0.05) is 37.4 Å². The predicted molar refractivity (Wildman–Crippen MR) is 81.5 cm³/mol. The number of hydrogen-bond acceptors (Lipinski definition) is 3. The summed E-state index contributed by atoms with van der Waals surface area (Å²) in [5.74, 6) is 1.19. The summed E-state index contributed by atoms with van der Waals surface area (Å²) in [6.07, 6.45) is 8.65. The summed E-state index contributed by atoms with van der Waals surface area (Å²) in [7, 11) is 0. The Morgan fingerprint density at radius 2 is 1.84 bits per heavy atom. The molecular weight excluding hydrogens is 234 g/mol. The second-order valence-electron chi connectivity index (χ2n) is 5.78. The molecule has 3 heteroatoms. The summed E-state index contributed by atoms with van der Waals surface area (Å²) in [4.78, 5) is 7.12. The van der Waals surface area contributed by atoms with Crippen molar-refractivity contribution in [3.8, 4) is 0 Å². The quantitative estimate of drug-likeness (QED) is 0.901. The second-order valence-corrected chi connectivity index (χ2v) is 5.78. The normalized spacial score (nSPS) is 17.3. The van der Waals surface area contributed by atoms with Gasteiger partial charge in [-0.3, -0.25) is 0 Å². The Labute approximate surface area is 117 Å². The fraction of sp³-hybridized carbons (Fsp3) is 0.688. The minimum atomic E-state index is 0.514. The van der Waals surface area contributed by atoms with Gasteiger partial charge in [0.1, 0.15) is 5.82 Å². The van der Waals surface area contributed by atoms with Crippen LogP contribution in [0.3, 0.4) is 0 Å². The number of nitrogens with zero attached hydrogens (tertiary/aromatic N) is 2. The smallest absolute Gasteiger partial charge is 0.133 e. The summed E-state index contributed by atoms with van der Waals surface area (Å²) in [5.41, 5.74) is 1.33. The molecule has 1 fully saturated rings. The number of anilines is 1. The zero-order valence-electron chi connectivity index (χ0n) is 12.4. The van der Waals surface area contributed by atoms with Crippen molar-refractivity contribution in [3.63, 3.8) is 0 Å². The van der Waals surface area contributed by atoms with Crippen molar-refractivity contribution in [2.45, 2.75) is 58.5 Å². The minimum absolute atomic E-state index is 0.514. The van der Waals surface area contributed by atoms with E-state index < -0.39 is 0 Å². The molecule has 1 saturated heterocycles. The number of hydrogen-bond donors (Lipinski definition) is 1. The van der Waals surface area contributed by atoms with Crippen molar-refractivity contribution in [3.05, 3.63) is 23.9 Å². The van der Waals surface area contributed by atoms with Crippen molar-refractivity contribution in [1.82, 2.24) is 10.3 Å². The van der Waals surface area contributed by atoms with Crippen LogP contribution in [0.4, 0.5) is 5.82 Å². The minimum Gasteiger partial charge on any atom is -0.356 e. The van der Waals surface area contributed by atoms with Crippen LogP contribution >= 0.6 is 0 Å². The van der Waals surface area contributed by atoms with Gasteiger partial charge in [0.2, 0.25) is 0 Å². The lowest BCUT2D eigenvalue weighted by Gasteiger charge is -2.28. The standard InChI is InChI=1S/C16H27N3/c1-14(2)18-13-15-9-8-10-17-16(15)19-11-6-4-3-5-7-12-19/h8-10,14,18H,3-7,11-13H2,1-2H3. The van der Waals surface area contributed by atoms with Gasteiger partial charge in [-0.05, 0) is 18.9 Å². The van der Waals surface area contributed by atoms with E-state index in [0.717, 1.165) is 19.6 Å². The molecule has 1 N–H and O–H groups in total. The van der Waals surface area contributed by atoms with Gasteiger partial charge in [-0.1, -0.05) is 39.2 Å². The van der Waals surface area contributed by atoms with Gasteiger partial charge in [-0.15, -0.1) is 0 Å². The molecule has 0 spiro atoms. The van der Waals surface area contributed by atoms with Crippen LogP contribution in [0.15, 0.2) is 18.3 Å². The molecule has 2 heterocycles. The third kappa shape index (κ3) is 4.50. The first kappa shape index (κ1) is 14.3. The van der Waals surface area contributed by atoms with Crippen LogP contribution in [-0.4, -0.2) is 24.1 Å². The highest BCUT2D eigenvalue weighted by Gasteiger charge is 2.13. The number of pyridine rings is 1. The van der Waals surface area contributed by atoms with E-state index in [0.29, 0.717) is 6.04 Å². The molecule has 2 rings (SSSR count). The number of rotatable bonds is 4. The molecule has 0 radical (unpaired) electrons. The molecule has 1 aliphatic rings. The lowest BCUT2D eigenvalue weighted by molar-refractivity contribution is 0.548. The zero-order chi connectivity index (χ0) is 13.5. The first-order valence-electron chi connectivity index (χ1n) is 7.69. The lowest BCUT2D eigenvalue weighted by Crippen LogP contribution is -2.30. The van der Waals surface area contributed by atoms with E-state index >= 15 is 0 Å². The molecule has 0 bridgehead atoms. The van der Waals surface area contributed by atoms with E-state index in [2.05, 4.69) is 35.1 Å². The highest BCUT2D eigenvalue weighted by molar-refractivity contribution is 5.46. The van der Waals surface area contributed by atoms with Crippen molar-refractivity contribution in [2.75, 3.05) is 18.0 Å². The molecule has 0 aromatic carbocycles. The molecule has 19 heavy (non-hydrogen) atoms. The maximum absolute atomic E-state index is 4.64. The van der Waals surface area contributed by atoms with Crippen LogP contribution in [0.5, 0.6) is 0 Å². The van der Waals surface area contributed by atoms with Crippen molar-refractivity contribution in [1.29, 1.82) is 0 Å². The van der Waals surface area contributed by atoms with Crippen LogP contribution < -0.4 is 10.2 Å². The van der Waals surface area contributed by atoms with Gasteiger partial charge in [0.25, 0.3) is 0 Å². The Hall–Kier alpha value is -1.09. The van der Waals surface area contributed by atoms with Crippen molar-refractivity contribution < 1.29 is 0 Å². The van der Waals surface area contributed by atoms with Crippen LogP contribution in [0, 0.1) is 0 Å². The fourth-order valence-corrected chi connectivity index (χ4v) is 2.63. The molecule has 1 aliphatic heterocycles. The Morgan fingerprint density at radius 1 is 1.16 bits per heavy atom. The monoisotopic (exact) mass is 261 g/mol. The summed E-state index contributed by atoms with van der Waals surface area (Å²) in [6.45, 7) is 7.60. The maximum atomic E-state index is 4.64. The van der Waals surface area contributed by atoms with E-state index in [-0.39, 0.29) is 0 Å². The number of nitrogens with one attached hydrogen (secondary N) is 1. The average Bonchev–Trinajstić information content (AvgIpc) is 2.36. The molecule has 0 aliphatic carbocycles. The average molecular weight is 261 g/mol.